The summed E-state index contributed by atoms with van der Waals surface area (Å²) < 4.78 is 0. The maximum Gasteiger partial charge on any atom is 0.191 e. The van der Waals surface area contributed by atoms with Crippen LogP contribution in [0.4, 0.5) is 5.69 Å². The minimum Gasteiger partial charge on any atom is -0.366 e. The van der Waals surface area contributed by atoms with E-state index in [2.05, 4.69) is 63.6 Å². The summed E-state index contributed by atoms with van der Waals surface area (Å²) >= 11 is 1.80. The van der Waals surface area contributed by atoms with Crippen molar-refractivity contribution >= 4 is 47.0 Å². The molecule has 0 fully saturated rings. The number of benzene rings is 1. The van der Waals surface area contributed by atoms with Crippen LogP contribution in [0.3, 0.4) is 0 Å². The minimum absolute atomic E-state index is 0. The number of nitrogens with zero attached hydrogens (tertiary/aromatic N) is 3. The Bertz CT molecular complexity index is 745. The normalized spacial score (nSPS) is 14.5. The summed E-state index contributed by atoms with van der Waals surface area (Å²) in [4.78, 5) is 12.6. The Morgan fingerprint density at radius 3 is 2.89 bits per heavy atom. The van der Waals surface area contributed by atoms with Crippen molar-refractivity contribution in [3.05, 3.63) is 45.9 Å². The van der Waals surface area contributed by atoms with Gasteiger partial charge in [-0.3, -0.25) is 4.99 Å². The molecule has 0 saturated heterocycles. The second-order valence-electron chi connectivity index (χ2n) is 6.62. The summed E-state index contributed by atoms with van der Waals surface area (Å²) in [5.41, 5.74) is 2.83. The van der Waals surface area contributed by atoms with Gasteiger partial charge in [0.15, 0.2) is 5.96 Å². The minimum atomic E-state index is 0. The lowest BCUT2D eigenvalue weighted by molar-refractivity contribution is 0.625. The first-order valence-corrected chi connectivity index (χ1v) is 10.3. The fraction of sp³-hybridized carbons (Fsp3) is 0.500. The van der Waals surface area contributed by atoms with E-state index in [4.69, 9.17) is 0 Å². The van der Waals surface area contributed by atoms with Crippen LogP contribution in [0, 0.1) is 0 Å². The number of rotatable bonds is 7. The van der Waals surface area contributed by atoms with Crippen LogP contribution in [-0.4, -0.2) is 43.7 Å². The van der Waals surface area contributed by atoms with Crippen molar-refractivity contribution in [2.75, 3.05) is 31.6 Å². The van der Waals surface area contributed by atoms with Gasteiger partial charge in [0.2, 0.25) is 0 Å². The summed E-state index contributed by atoms with van der Waals surface area (Å²) in [5.74, 6) is 0.858. The van der Waals surface area contributed by atoms with E-state index < -0.39 is 0 Å². The second kappa shape index (κ2) is 10.8. The Morgan fingerprint density at radius 1 is 1.33 bits per heavy atom. The fourth-order valence-electron chi connectivity index (χ4n) is 3.31. The first-order valence-electron chi connectivity index (χ1n) is 9.44. The third-order valence-corrected chi connectivity index (χ3v) is 6.03. The lowest BCUT2D eigenvalue weighted by Gasteiger charge is -2.28. The van der Waals surface area contributed by atoms with Gasteiger partial charge in [-0.1, -0.05) is 25.1 Å². The largest absolute Gasteiger partial charge is 0.366 e. The van der Waals surface area contributed by atoms with Gasteiger partial charge in [-0.2, -0.15) is 0 Å². The topological polar surface area (TPSA) is 52.6 Å². The Balaban J connectivity index is 0.00000261. The van der Waals surface area contributed by atoms with Crippen molar-refractivity contribution in [3.8, 4) is 0 Å². The highest BCUT2D eigenvalue weighted by Crippen LogP contribution is 2.28. The first-order chi connectivity index (χ1) is 12.7. The standard InChI is InChI=1S/C20H29N5S.HI/c1-4-17-14-23-19(26-17)9-11-22-20(21-3)24-13-15(2)25-12-10-16-7-5-6-8-18(16)25;/h5-8,14-15H,4,9-13H2,1-3H3,(H2,21,22,24);1H. The van der Waals surface area contributed by atoms with Crippen LogP contribution in [0.2, 0.25) is 0 Å². The summed E-state index contributed by atoms with van der Waals surface area (Å²) in [6, 6.07) is 9.13. The van der Waals surface area contributed by atoms with Gasteiger partial charge in [0.1, 0.15) is 0 Å². The summed E-state index contributed by atoms with van der Waals surface area (Å²) in [5, 5.41) is 8.04. The van der Waals surface area contributed by atoms with Crippen LogP contribution < -0.4 is 15.5 Å². The molecule has 1 aromatic carbocycles. The number of nitrogens with one attached hydrogen (secondary N) is 2. The quantitative estimate of drug-likeness (QED) is 0.348. The van der Waals surface area contributed by atoms with E-state index in [-0.39, 0.29) is 24.0 Å². The summed E-state index contributed by atoms with van der Waals surface area (Å²) in [6.45, 7) is 7.24. The molecule has 7 heteroatoms. The molecule has 1 aliphatic rings. The van der Waals surface area contributed by atoms with Gasteiger partial charge < -0.3 is 15.5 Å². The second-order valence-corrected chi connectivity index (χ2v) is 7.82. The zero-order valence-electron chi connectivity index (χ0n) is 16.4. The molecule has 2 aromatic rings. The number of aromatic nitrogens is 1. The number of hydrogen-bond acceptors (Lipinski definition) is 4. The number of anilines is 1. The molecular weight excluding hydrogens is 469 g/mol. The molecule has 1 atom stereocenters. The molecule has 0 spiro atoms. The highest BCUT2D eigenvalue weighted by molar-refractivity contribution is 14.0. The van der Waals surface area contributed by atoms with E-state index in [0.717, 1.165) is 44.9 Å². The van der Waals surface area contributed by atoms with Crippen molar-refractivity contribution < 1.29 is 0 Å². The van der Waals surface area contributed by atoms with Crippen molar-refractivity contribution in [2.45, 2.75) is 39.2 Å². The maximum atomic E-state index is 4.47. The van der Waals surface area contributed by atoms with Gasteiger partial charge in [0, 0.05) is 55.9 Å². The van der Waals surface area contributed by atoms with Crippen molar-refractivity contribution in [3.63, 3.8) is 0 Å². The third kappa shape index (κ3) is 5.81. The predicted molar refractivity (Wildman–Crippen MR) is 127 cm³/mol. The fourth-order valence-corrected chi connectivity index (χ4v) is 4.17. The monoisotopic (exact) mass is 499 g/mol. The number of halogens is 1. The number of fused-ring (bicyclic) bond motifs is 1. The number of hydrogen-bond donors (Lipinski definition) is 2. The van der Waals surface area contributed by atoms with Crippen molar-refractivity contribution in [1.29, 1.82) is 0 Å². The van der Waals surface area contributed by atoms with Crippen molar-refractivity contribution in [1.82, 2.24) is 15.6 Å². The number of guanidine groups is 1. The van der Waals surface area contributed by atoms with Gasteiger partial charge in [0.05, 0.1) is 5.01 Å². The molecule has 5 nitrogen and oxygen atoms in total. The molecule has 27 heavy (non-hydrogen) atoms. The number of thiazole rings is 1. The average molecular weight is 499 g/mol. The van der Waals surface area contributed by atoms with E-state index in [1.54, 1.807) is 11.3 Å². The van der Waals surface area contributed by atoms with Gasteiger partial charge in [0.25, 0.3) is 0 Å². The molecule has 3 rings (SSSR count). The molecule has 0 aliphatic carbocycles. The molecule has 0 amide bonds. The Labute approximate surface area is 183 Å². The molecular formula is C20H30IN5S. The molecule has 1 unspecified atom stereocenters. The first kappa shape index (κ1) is 21.9. The smallest absolute Gasteiger partial charge is 0.191 e. The Kier molecular flexibility index (Phi) is 8.82. The van der Waals surface area contributed by atoms with Gasteiger partial charge >= 0.3 is 0 Å². The summed E-state index contributed by atoms with van der Waals surface area (Å²) in [6.07, 6.45) is 5.12. The Hall–Kier alpha value is -1.35. The average Bonchev–Trinajstić information content (AvgIpc) is 3.31. The molecule has 0 bridgehead atoms. The number of para-hydroxylation sites is 1. The molecule has 148 valence electrons. The number of aliphatic imine (C=N–C) groups is 1. The van der Waals surface area contributed by atoms with Gasteiger partial charge in [-0.25, -0.2) is 4.98 Å². The highest BCUT2D eigenvalue weighted by atomic mass is 127. The van der Waals surface area contributed by atoms with E-state index in [9.17, 15) is 0 Å². The molecule has 1 aromatic heterocycles. The van der Waals surface area contributed by atoms with Gasteiger partial charge in [-0.05, 0) is 31.4 Å². The third-order valence-electron chi connectivity index (χ3n) is 4.82. The predicted octanol–water partition coefficient (Wildman–Crippen LogP) is 3.48. The van der Waals surface area contributed by atoms with Crippen LogP contribution in [0.5, 0.6) is 0 Å². The van der Waals surface area contributed by atoms with Crippen LogP contribution in [0.25, 0.3) is 0 Å². The molecule has 1 aliphatic heterocycles. The highest BCUT2D eigenvalue weighted by Gasteiger charge is 2.22. The summed E-state index contributed by atoms with van der Waals surface area (Å²) in [7, 11) is 1.82. The molecule has 0 saturated carbocycles. The van der Waals surface area contributed by atoms with E-state index in [0.29, 0.717) is 6.04 Å². The lowest BCUT2D eigenvalue weighted by Crippen LogP contribution is -2.46. The number of aryl methyl sites for hydroxylation is 1. The SMILES string of the molecule is CCc1cnc(CCNC(=NC)NCC(C)N2CCc3ccccc32)s1.I. The van der Waals surface area contributed by atoms with E-state index >= 15 is 0 Å². The maximum absolute atomic E-state index is 4.47. The molecule has 2 N–H and O–H groups in total. The van der Waals surface area contributed by atoms with Crippen LogP contribution in [0.1, 0.15) is 29.3 Å². The van der Waals surface area contributed by atoms with E-state index in [1.807, 2.05) is 13.2 Å². The van der Waals surface area contributed by atoms with Crippen LogP contribution in [-0.2, 0) is 19.3 Å². The van der Waals surface area contributed by atoms with Crippen molar-refractivity contribution in [2.24, 2.45) is 4.99 Å². The molecule has 2 heterocycles. The molecule has 0 radical (unpaired) electrons. The Morgan fingerprint density at radius 2 is 2.15 bits per heavy atom. The van der Waals surface area contributed by atoms with Gasteiger partial charge in [-0.15, -0.1) is 35.3 Å². The van der Waals surface area contributed by atoms with Crippen LogP contribution >= 0.6 is 35.3 Å². The lowest BCUT2D eigenvalue weighted by atomic mass is 10.2. The van der Waals surface area contributed by atoms with E-state index in [1.165, 1.54) is 21.1 Å². The zero-order valence-corrected chi connectivity index (χ0v) is 19.5. The van der Waals surface area contributed by atoms with Crippen LogP contribution in [0.15, 0.2) is 35.5 Å². The zero-order chi connectivity index (χ0) is 18.4.